The zero-order chi connectivity index (χ0) is 15.3. The van der Waals surface area contributed by atoms with Crippen LogP contribution in [-0.4, -0.2) is 34.5 Å². The van der Waals surface area contributed by atoms with Crippen LogP contribution in [0.1, 0.15) is 25.8 Å². The van der Waals surface area contributed by atoms with E-state index in [0.717, 1.165) is 6.07 Å². The van der Waals surface area contributed by atoms with Crippen LogP contribution in [0.25, 0.3) is 0 Å². The molecule has 0 aliphatic carbocycles. The summed E-state index contributed by atoms with van der Waals surface area (Å²) in [7, 11) is 0. The fraction of sp³-hybridized carbons (Fsp3) is 0.429. The first-order chi connectivity index (χ1) is 9.35. The predicted molar refractivity (Wildman–Crippen MR) is 74.2 cm³/mol. The van der Waals surface area contributed by atoms with Crippen molar-refractivity contribution < 1.29 is 19.1 Å². The lowest BCUT2D eigenvalue weighted by Gasteiger charge is -2.27. The van der Waals surface area contributed by atoms with Crippen LogP contribution in [-0.2, 0) is 16.0 Å². The van der Waals surface area contributed by atoms with Crippen molar-refractivity contribution in [1.82, 2.24) is 4.90 Å². The molecule has 0 aliphatic heterocycles. The lowest BCUT2D eigenvalue weighted by atomic mass is 10.1. The average molecular weight is 302 g/mol. The Morgan fingerprint density at radius 2 is 2.10 bits per heavy atom. The first kappa shape index (κ1) is 16.4. The van der Waals surface area contributed by atoms with Gasteiger partial charge in [0, 0.05) is 11.1 Å². The van der Waals surface area contributed by atoms with Crippen LogP contribution in [0.15, 0.2) is 18.2 Å². The zero-order valence-corrected chi connectivity index (χ0v) is 12.2. The molecule has 1 N–H and O–H groups in total. The van der Waals surface area contributed by atoms with Crippen LogP contribution in [0.4, 0.5) is 4.39 Å². The summed E-state index contributed by atoms with van der Waals surface area (Å²) in [6.45, 7) is 3.30. The van der Waals surface area contributed by atoms with Gasteiger partial charge in [-0.1, -0.05) is 24.6 Å². The first-order valence-corrected chi connectivity index (χ1v) is 6.68. The molecule has 1 amide bonds. The summed E-state index contributed by atoms with van der Waals surface area (Å²) in [4.78, 5) is 24.3. The van der Waals surface area contributed by atoms with Gasteiger partial charge in [0.05, 0.1) is 6.42 Å². The Morgan fingerprint density at radius 3 is 2.60 bits per heavy atom. The summed E-state index contributed by atoms with van der Waals surface area (Å²) < 4.78 is 12.9. The highest BCUT2D eigenvalue weighted by molar-refractivity contribution is 6.31. The van der Waals surface area contributed by atoms with Crippen molar-refractivity contribution in [3.8, 4) is 0 Å². The molecule has 1 aromatic rings. The van der Waals surface area contributed by atoms with Crippen LogP contribution in [0.3, 0.4) is 0 Å². The van der Waals surface area contributed by atoms with E-state index in [4.69, 9.17) is 16.7 Å². The number of carboxylic acids is 1. The number of carboxylic acid groups (broad SMARTS) is 1. The minimum atomic E-state index is -1.07. The summed E-state index contributed by atoms with van der Waals surface area (Å²) in [5, 5.41) is 9.03. The highest BCUT2D eigenvalue weighted by Crippen LogP contribution is 2.19. The van der Waals surface area contributed by atoms with E-state index in [-0.39, 0.29) is 29.9 Å². The number of halogens is 2. The monoisotopic (exact) mass is 301 g/mol. The van der Waals surface area contributed by atoms with E-state index in [9.17, 15) is 14.0 Å². The number of benzene rings is 1. The van der Waals surface area contributed by atoms with Crippen LogP contribution >= 0.6 is 11.6 Å². The first-order valence-electron chi connectivity index (χ1n) is 6.30. The molecule has 6 heteroatoms. The van der Waals surface area contributed by atoms with Crippen LogP contribution < -0.4 is 0 Å². The third kappa shape index (κ3) is 4.49. The molecule has 0 aromatic heterocycles. The summed E-state index contributed by atoms with van der Waals surface area (Å²) in [6.07, 6.45) is 0.604. The zero-order valence-electron chi connectivity index (χ0n) is 11.4. The summed E-state index contributed by atoms with van der Waals surface area (Å²) in [5.74, 6) is -1.88. The van der Waals surface area contributed by atoms with E-state index in [1.54, 1.807) is 6.92 Å². The number of amides is 1. The normalized spacial score (nSPS) is 12.0. The van der Waals surface area contributed by atoms with Crippen molar-refractivity contribution in [3.05, 3.63) is 34.6 Å². The van der Waals surface area contributed by atoms with Gasteiger partial charge in [-0.15, -0.1) is 0 Å². The van der Waals surface area contributed by atoms with Crippen LogP contribution in [0.5, 0.6) is 0 Å². The molecule has 0 fully saturated rings. The Balaban J connectivity index is 2.87. The van der Waals surface area contributed by atoms with E-state index in [0.29, 0.717) is 12.0 Å². The molecule has 1 rings (SSSR count). The number of carbonyl (C=O) groups is 2. The van der Waals surface area contributed by atoms with Gasteiger partial charge in [-0.3, -0.25) is 9.59 Å². The molecule has 4 nitrogen and oxygen atoms in total. The maximum Gasteiger partial charge on any atom is 0.323 e. The van der Waals surface area contributed by atoms with Gasteiger partial charge in [0.2, 0.25) is 5.91 Å². The van der Waals surface area contributed by atoms with Crippen molar-refractivity contribution in [3.63, 3.8) is 0 Å². The number of hydrogen-bond donors (Lipinski definition) is 1. The Bertz CT molecular complexity index is 507. The van der Waals surface area contributed by atoms with Gasteiger partial charge in [0.1, 0.15) is 12.4 Å². The molecule has 0 aliphatic rings. The second-order valence-corrected chi connectivity index (χ2v) is 4.99. The summed E-state index contributed by atoms with van der Waals surface area (Å²) in [5.41, 5.74) is 0.483. The fourth-order valence-corrected chi connectivity index (χ4v) is 2.02. The molecular weight excluding hydrogens is 285 g/mol. The van der Waals surface area contributed by atoms with E-state index < -0.39 is 11.8 Å². The van der Waals surface area contributed by atoms with Crippen LogP contribution in [0, 0.1) is 5.82 Å². The Labute approximate surface area is 122 Å². The summed E-state index contributed by atoms with van der Waals surface area (Å²) >= 11 is 5.87. The molecule has 110 valence electrons. The number of nitrogens with zero attached hydrogens (tertiary/aromatic N) is 1. The molecule has 0 bridgehead atoms. The molecule has 0 saturated carbocycles. The second-order valence-electron chi connectivity index (χ2n) is 4.59. The molecule has 0 spiro atoms. The van der Waals surface area contributed by atoms with Crippen molar-refractivity contribution >= 4 is 23.5 Å². The van der Waals surface area contributed by atoms with Gasteiger partial charge in [-0.25, -0.2) is 4.39 Å². The van der Waals surface area contributed by atoms with Gasteiger partial charge in [0.25, 0.3) is 0 Å². The standard InChI is InChI=1S/C14H17ClFNO3/c1-3-9(2)17(8-14(19)20)13(18)6-10-4-5-11(16)7-12(10)15/h4-5,7,9H,3,6,8H2,1-2H3,(H,19,20). The number of hydrogen-bond acceptors (Lipinski definition) is 2. The van der Waals surface area contributed by atoms with Gasteiger partial charge in [-0.05, 0) is 31.0 Å². The van der Waals surface area contributed by atoms with Crippen molar-refractivity contribution in [2.24, 2.45) is 0 Å². The molecule has 1 unspecified atom stereocenters. The maximum absolute atomic E-state index is 12.9. The Hall–Kier alpha value is -1.62. The Morgan fingerprint density at radius 1 is 1.45 bits per heavy atom. The van der Waals surface area contributed by atoms with Gasteiger partial charge in [0.15, 0.2) is 0 Å². The van der Waals surface area contributed by atoms with Gasteiger partial charge < -0.3 is 10.0 Å². The molecule has 1 aromatic carbocycles. The minimum Gasteiger partial charge on any atom is -0.480 e. The third-order valence-electron chi connectivity index (χ3n) is 3.11. The number of aliphatic carboxylic acids is 1. The smallest absolute Gasteiger partial charge is 0.323 e. The highest BCUT2D eigenvalue weighted by atomic mass is 35.5. The van der Waals surface area contributed by atoms with Crippen molar-refractivity contribution in [2.45, 2.75) is 32.7 Å². The molecule has 0 saturated heterocycles. The maximum atomic E-state index is 12.9. The molecule has 1 atom stereocenters. The van der Waals surface area contributed by atoms with E-state index in [1.165, 1.54) is 17.0 Å². The van der Waals surface area contributed by atoms with Crippen molar-refractivity contribution in [2.75, 3.05) is 6.54 Å². The van der Waals surface area contributed by atoms with E-state index in [2.05, 4.69) is 0 Å². The fourth-order valence-electron chi connectivity index (χ4n) is 1.79. The Kier molecular flexibility index (Phi) is 5.95. The third-order valence-corrected chi connectivity index (χ3v) is 3.46. The molecule has 20 heavy (non-hydrogen) atoms. The number of carbonyl (C=O) groups excluding carboxylic acids is 1. The van der Waals surface area contributed by atoms with Gasteiger partial charge in [-0.2, -0.15) is 0 Å². The van der Waals surface area contributed by atoms with Crippen molar-refractivity contribution in [1.29, 1.82) is 0 Å². The second kappa shape index (κ2) is 7.24. The highest BCUT2D eigenvalue weighted by Gasteiger charge is 2.22. The minimum absolute atomic E-state index is 0.0449. The average Bonchev–Trinajstić information content (AvgIpc) is 2.38. The number of rotatable bonds is 6. The predicted octanol–water partition coefficient (Wildman–Crippen LogP) is 2.73. The SMILES string of the molecule is CCC(C)N(CC(=O)O)C(=O)Cc1ccc(F)cc1Cl. The topological polar surface area (TPSA) is 57.6 Å². The largest absolute Gasteiger partial charge is 0.480 e. The van der Waals surface area contributed by atoms with E-state index in [1.807, 2.05) is 6.92 Å². The molecule has 0 radical (unpaired) electrons. The lowest BCUT2D eigenvalue weighted by molar-refractivity contribution is -0.145. The molecule has 0 heterocycles. The molecular formula is C14H17ClFNO3. The van der Waals surface area contributed by atoms with Crippen LogP contribution in [0.2, 0.25) is 5.02 Å². The summed E-state index contributed by atoms with van der Waals surface area (Å²) in [6, 6.07) is 3.61. The quantitative estimate of drug-likeness (QED) is 0.879. The van der Waals surface area contributed by atoms with E-state index >= 15 is 0 Å². The van der Waals surface area contributed by atoms with Gasteiger partial charge >= 0.3 is 5.97 Å². The lowest BCUT2D eigenvalue weighted by Crippen LogP contribution is -2.42.